The highest BCUT2D eigenvalue weighted by Gasteiger charge is 2.25. The minimum absolute atomic E-state index is 0.184. The first-order valence-corrected chi connectivity index (χ1v) is 7.49. The molecule has 2 aliphatic heterocycles. The van der Waals surface area contributed by atoms with Crippen molar-refractivity contribution in [2.24, 2.45) is 5.92 Å². The molecule has 2 N–H and O–H groups in total. The first kappa shape index (κ1) is 14.8. The van der Waals surface area contributed by atoms with Crippen molar-refractivity contribution in [3.8, 4) is 0 Å². The van der Waals surface area contributed by atoms with E-state index in [1.807, 2.05) is 0 Å². The van der Waals surface area contributed by atoms with E-state index in [1.165, 1.54) is 0 Å². The van der Waals surface area contributed by atoms with Crippen molar-refractivity contribution < 1.29 is 9.53 Å². The van der Waals surface area contributed by atoms with Crippen LogP contribution in [0.5, 0.6) is 0 Å². The van der Waals surface area contributed by atoms with Crippen molar-refractivity contribution in [3.05, 3.63) is 0 Å². The van der Waals surface area contributed by atoms with Gasteiger partial charge in [-0.1, -0.05) is 0 Å². The maximum absolute atomic E-state index is 12.2. The number of morpholine rings is 1. The molecule has 0 spiro atoms. The van der Waals surface area contributed by atoms with Gasteiger partial charge in [-0.3, -0.25) is 9.69 Å². The number of piperidine rings is 1. The molecule has 2 rings (SSSR count). The third-order valence-corrected chi connectivity index (χ3v) is 4.02. The molecule has 5 heteroatoms. The van der Waals surface area contributed by atoms with E-state index in [9.17, 15) is 4.79 Å². The SMILES string of the molecule is CC(CN1CCOCC1)NC(=O)[C@H]1CCN[C@@H](C)C1. The fourth-order valence-corrected chi connectivity index (χ4v) is 2.95. The lowest BCUT2D eigenvalue weighted by molar-refractivity contribution is -0.126. The molecule has 2 fully saturated rings. The molecule has 0 saturated carbocycles. The molecule has 3 atom stereocenters. The molecule has 0 aromatic rings. The summed E-state index contributed by atoms with van der Waals surface area (Å²) in [5.41, 5.74) is 0. The van der Waals surface area contributed by atoms with Crippen LogP contribution in [0, 0.1) is 5.92 Å². The smallest absolute Gasteiger partial charge is 0.223 e. The molecule has 2 heterocycles. The van der Waals surface area contributed by atoms with Gasteiger partial charge in [0.05, 0.1) is 13.2 Å². The summed E-state index contributed by atoms with van der Waals surface area (Å²) in [7, 11) is 0. The van der Waals surface area contributed by atoms with Crippen LogP contribution in [-0.4, -0.2) is 62.3 Å². The second-order valence-electron chi connectivity index (χ2n) is 5.90. The molecule has 2 aliphatic rings. The van der Waals surface area contributed by atoms with Gasteiger partial charge in [0.2, 0.25) is 5.91 Å². The average molecular weight is 269 g/mol. The number of nitrogens with one attached hydrogen (secondary N) is 2. The molecule has 0 aromatic heterocycles. The summed E-state index contributed by atoms with van der Waals surface area (Å²) < 4.78 is 5.33. The van der Waals surface area contributed by atoms with Crippen LogP contribution in [0.2, 0.25) is 0 Å². The van der Waals surface area contributed by atoms with Crippen molar-refractivity contribution in [2.45, 2.75) is 38.8 Å². The highest BCUT2D eigenvalue weighted by atomic mass is 16.5. The Kier molecular flexibility index (Phi) is 5.60. The van der Waals surface area contributed by atoms with E-state index in [2.05, 4.69) is 29.4 Å². The molecule has 2 saturated heterocycles. The highest BCUT2D eigenvalue weighted by Crippen LogP contribution is 2.16. The lowest BCUT2D eigenvalue weighted by Gasteiger charge is -2.31. The first-order chi connectivity index (χ1) is 9.15. The Morgan fingerprint density at radius 1 is 1.47 bits per heavy atom. The van der Waals surface area contributed by atoms with Gasteiger partial charge in [-0.15, -0.1) is 0 Å². The van der Waals surface area contributed by atoms with Gasteiger partial charge < -0.3 is 15.4 Å². The second kappa shape index (κ2) is 7.22. The minimum Gasteiger partial charge on any atom is -0.379 e. The van der Waals surface area contributed by atoms with Crippen molar-refractivity contribution in [3.63, 3.8) is 0 Å². The summed E-state index contributed by atoms with van der Waals surface area (Å²) >= 11 is 0. The number of rotatable bonds is 4. The lowest BCUT2D eigenvalue weighted by Crippen LogP contribution is -2.49. The molecule has 1 amide bonds. The van der Waals surface area contributed by atoms with Crippen molar-refractivity contribution in [1.29, 1.82) is 0 Å². The maximum atomic E-state index is 12.2. The fourth-order valence-electron chi connectivity index (χ4n) is 2.95. The van der Waals surface area contributed by atoms with Crippen LogP contribution in [0.3, 0.4) is 0 Å². The molecular weight excluding hydrogens is 242 g/mol. The molecule has 5 nitrogen and oxygen atoms in total. The van der Waals surface area contributed by atoms with Crippen LogP contribution >= 0.6 is 0 Å². The normalized spacial score (nSPS) is 30.8. The molecule has 1 unspecified atom stereocenters. The lowest BCUT2D eigenvalue weighted by atomic mass is 9.92. The van der Waals surface area contributed by atoms with Crippen molar-refractivity contribution in [1.82, 2.24) is 15.5 Å². The van der Waals surface area contributed by atoms with E-state index in [1.54, 1.807) is 0 Å². The zero-order valence-corrected chi connectivity index (χ0v) is 12.2. The van der Waals surface area contributed by atoms with E-state index in [-0.39, 0.29) is 17.9 Å². The Labute approximate surface area is 116 Å². The summed E-state index contributed by atoms with van der Waals surface area (Å²) in [6.07, 6.45) is 1.91. The van der Waals surface area contributed by atoms with Gasteiger partial charge in [-0.2, -0.15) is 0 Å². The van der Waals surface area contributed by atoms with E-state index < -0.39 is 0 Å². The molecule has 110 valence electrons. The number of carbonyl (C=O) groups excluding carboxylic acids is 1. The van der Waals surface area contributed by atoms with Gasteiger partial charge in [-0.05, 0) is 33.2 Å². The topological polar surface area (TPSA) is 53.6 Å². The summed E-state index contributed by atoms with van der Waals surface area (Å²) in [6, 6.07) is 0.676. The third kappa shape index (κ3) is 4.75. The predicted octanol–water partition coefficient (Wildman–Crippen LogP) is 0.211. The monoisotopic (exact) mass is 269 g/mol. The molecule has 0 aliphatic carbocycles. The molecule has 0 bridgehead atoms. The average Bonchev–Trinajstić information content (AvgIpc) is 2.39. The van der Waals surface area contributed by atoms with Crippen LogP contribution in [0.4, 0.5) is 0 Å². The van der Waals surface area contributed by atoms with Gasteiger partial charge in [0, 0.05) is 37.6 Å². The summed E-state index contributed by atoms with van der Waals surface area (Å²) in [5, 5.41) is 6.55. The number of amides is 1. The number of ether oxygens (including phenoxy) is 1. The standard InChI is InChI=1S/C14H27N3O2/c1-11-9-13(3-4-15-11)14(18)16-12(2)10-17-5-7-19-8-6-17/h11-13,15H,3-10H2,1-2H3,(H,16,18)/t11-,12?,13-/m0/s1. The Balaban J connectivity index is 1.71. The molecule has 0 aromatic carbocycles. The fraction of sp³-hybridized carbons (Fsp3) is 0.929. The van der Waals surface area contributed by atoms with Crippen LogP contribution in [0.1, 0.15) is 26.7 Å². The minimum atomic E-state index is 0.184. The number of hydrogen-bond donors (Lipinski definition) is 2. The predicted molar refractivity (Wildman–Crippen MR) is 75.1 cm³/mol. The third-order valence-electron chi connectivity index (χ3n) is 4.02. The van der Waals surface area contributed by atoms with Crippen molar-refractivity contribution in [2.75, 3.05) is 39.4 Å². The number of nitrogens with zero attached hydrogens (tertiary/aromatic N) is 1. The highest BCUT2D eigenvalue weighted by molar-refractivity contribution is 5.79. The van der Waals surface area contributed by atoms with Crippen LogP contribution in [0.15, 0.2) is 0 Å². The Hall–Kier alpha value is -0.650. The first-order valence-electron chi connectivity index (χ1n) is 7.49. The Bertz CT molecular complexity index is 292. The summed E-state index contributed by atoms with van der Waals surface area (Å²) in [5.74, 6) is 0.414. The molecule has 19 heavy (non-hydrogen) atoms. The van der Waals surface area contributed by atoms with E-state index in [4.69, 9.17) is 4.74 Å². The quantitative estimate of drug-likeness (QED) is 0.766. The van der Waals surface area contributed by atoms with Crippen LogP contribution < -0.4 is 10.6 Å². The van der Waals surface area contributed by atoms with Crippen molar-refractivity contribution >= 4 is 5.91 Å². The van der Waals surface area contributed by atoms with Crippen LogP contribution in [-0.2, 0) is 9.53 Å². The van der Waals surface area contributed by atoms with Gasteiger partial charge in [0.25, 0.3) is 0 Å². The zero-order chi connectivity index (χ0) is 13.7. The zero-order valence-electron chi connectivity index (χ0n) is 12.2. The van der Waals surface area contributed by atoms with Gasteiger partial charge >= 0.3 is 0 Å². The van der Waals surface area contributed by atoms with E-state index in [0.717, 1.165) is 52.2 Å². The Morgan fingerprint density at radius 2 is 2.21 bits per heavy atom. The largest absolute Gasteiger partial charge is 0.379 e. The molecular formula is C14H27N3O2. The van der Waals surface area contributed by atoms with Gasteiger partial charge in [0.1, 0.15) is 0 Å². The van der Waals surface area contributed by atoms with Crippen LogP contribution in [0.25, 0.3) is 0 Å². The number of carbonyl (C=O) groups is 1. The number of hydrogen-bond acceptors (Lipinski definition) is 4. The summed E-state index contributed by atoms with van der Waals surface area (Å²) in [6.45, 7) is 9.70. The Morgan fingerprint density at radius 3 is 2.89 bits per heavy atom. The maximum Gasteiger partial charge on any atom is 0.223 e. The molecule has 0 radical (unpaired) electrons. The van der Waals surface area contributed by atoms with E-state index >= 15 is 0 Å². The van der Waals surface area contributed by atoms with Gasteiger partial charge in [0.15, 0.2) is 0 Å². The summed E-state index contributed by atoms with van der Waals surface area (Å²) in [4.78, 5) is 14.6. The van der Waals surface area contributed by atoms with Gasteiger partial charge in [-0.25, -0.2) is 0 Å². The van der Waals surface area contributed by atoms with E-state index in [0.29, 0.717) is 6.04 Å². The second-order valence-corrected chi connectivity index (χ2v) is 5.90.